The molecule has 0 atom stereocenters. The SMILES string of the molecule is CC(=O)O.O=P(O)(O)O.c1cnc2c(c1)ccc1ncccc12. The maximum Gasteiger partial charge on any atom is 0.466 e. The van der Waals surface area contributed by atoms with Gasteiger partial charge in [-0.2, -0.15) is 0 Å². The Morgan fingerprint density at radius 3 is 2.13 bits per heavy atom. The number of aromatic nitrogens is 2. The number of carboxylic acid groups (broad SMARTS) is 1. The highest BCUT2D eigenvalue weighted by Crippen LogP contribution is 2.25. The van der Waals surface area contributed by atoms with Crippen molar-refractivity contribution in [2.75, 3.05) is 0 Å². The third kappa shape index (κ3) is 7.44. The van der Waals surface area contributed by atoms with E-state index in [0.717, 1.165) is 28.7 Å². The second kappa shape index (κ2) is 8.30. The van der Waals surface area contributed by atoms with Crippen LogP contribution in [0.15, 0.2) is 48.8 Å². The van der Waals surface area contributed by atoms with Gasteiger partial charge in [-0.1, -0.05) is 12.1 Å². The minimum atomic E-state index is -4.64. The van der Waals surface area contributed by atoms with Crippen molar-refractivity contribution >= 4 is 35.6 Å². The van der Waals surface area contributed by atoms with Gasteiger partial charge in [0.15, 0.2) is 0 Å². The molecule has 2 heterocycles. The zero-order valence-corrected chi connectivity index (χ0v) is 13.0. The summed E-state index contributed by atoms with van der Waals surface area (Å²) in [7, 11) is -4.64. The number of benzene rings is 1. The predicted molar refractivity (Wildman–Crippen MR) is 84.6 cm³/mol. The number of phosphoric acid groups is 1. The predicted octanol–water partition coefficient (Wildman–Crippen LogP) is 1.95. The van der Waals surface area contributed by atoms with E-state index < -0.39 is 13.8 Å². The van der Waals surface area contributed by atoms with Crippen LogP contribution >= 0.6 is 7.82 Å². The summed E-state index contributed by atoms with van der Waals surface area (Å²) >= 11 is 0. The number of hydrogen-bond acceptors (Lipinski definition) is 4. The fraction of sp³-hybridized carbons (Fsp3) is 0.0714. The number of pyridine rings is 2. The molecule has 0 saturated heterocycles. The van der Waals surface area contributed by atoms with Gasteiger partial charge in [0, 0.05) is 30.1 Å². The molecule has 8 nitrogen and oxygen atoms in total. The average Bonchev–Trinajstić information content (AvgIpc) is 2.45. The van der Waals surface area contributed by atoms with Gasteiger partial charge in [-0.15, -0.1) is 0 Å². The van der Waals surface area contributed by atoms with Crippen molar-refractivity contribution in [2.45, 2.75) is 6.92 Å². The van der Waals surface area contributed by atoms with Crippen LogP contribution in [0, 0.1) is 0 Å². The van der Waals surface area contributed by atoms with Crippen molar-refractivity contribution in [3.8, 4) is 0 Å². The summed E-state index contributed by atoms with van der Waals surface area (Å²) in [5.41, 5.74) is 2.02. The normalized spacial score (nSPS) is 10.3. The summed E-state index contributed by atoms with van der Waals surface area (Å²) in [6.07, 6.45) is 3.62. The van der Waals surface area contributed by atoms with Crippen molar-refractivity contribution in [1.29, 1.82) is 0 Å². The Kier molecular flexibility index (Phi) is 6.74. The van der Waals surface area contributed by atoms with Crippen LogP contribution in [0.5, 0.6) is 0 Å². The Hall–Kier alpha value is -2.38. The summed E-state index contributed by atoms with van der Waals surface area (Å²) < 4.78 is 8.88. The second-order valence-electron chi connectivity index (χ2n) is 4.24. The molecule has 4 N–H and O–H groups in total. The molecule has 0 aliphatic rings. The van der Waals surface area contributed by atoms with Crippen LogP contribution in [-0.4, -0.2) is 35.7 Å². The van der Waals surface area contributed by atoms with E-state index >= 15 is 0 Å². The molecule has 0 bridgehead atoms. The van der Waals surface area contributed by atoms with Gasteiger partial charge in [-0.3, -0.25) is 14.8 Å². The molecular weight excluding hydrogens is 323 g/mol. The Bertz CT molecular complexity index is 782. The molecule has 23 heavy (non-hydrogen) atoms. The molecule has 2 aromatic heterocycles. The van der Waals surface area contributed by atoms with Crippen LogP contribution in [0.4, 0.5) is 0 Å². The highest BCUT2D eigenvalue weighted by atomic mass is 31.2. The van der Waals surface area contributed by atoms with Gasteiger partial charge in [0.2, 0.25) is 0 Å². The highest BCUT2D eigenvalue weighted by molar-refractivity contribution is 7.45. The van der Waals surface area contributed by atoms with Crippen molar-refractivity contribution in [2.24, 2.45) is 0 Å². The molecule has 0 aliphatic carbocycles. The first-order chi connectivity index (χ1) is 10.7. The first kappa shape index (κ1) is 18.7. The van der Waals surface area contributed by atoms with E-state index in [4.69, 9.17) is 29.1 Å². The quantitative estimate of drug-likeness (QED) is 0.360. The minimum Gasteiger partial charge on any atom is -0.481 e. The van der Waals surface area contributed by atoms with Crippen LogP contribution in [0.2, 0.25) is 0 Å². The summed E-state index contributed by atoms with van der Waals surface area (Å²) in [5, 5.41) is 9.69. The van der Waals surface area contributed by atoms with E-state index in [1.807, 2.05) is 24.4 Å². The van der Waals surface area contributed by atoms with Gasteiger partial charge in [0.25, 0.3) is 5.97 Å². The average molecular weight is 338 g/mol. The van der Waals surface area contributed by atoms with Crippen molar-refractivity contribution in [3.63, 3.8) is 0 Å². The van der Waals surface area contributed by atoms with Gasteiger partial charge in [0.1, 0.15) is 0 Å². The number of hydrogen-bond donors (Lipinski definition) is 4. The fourth-order valence-corrected chi connectivity index (χ4v) is 1.70. The molecule has 0 radical (unpaired) electrons. The number of carboxylic acids is 1. The molecule has 3 rings (SSSR count). The Morgan fingerprint density at radius 2 is 1.52 bits per heavy atom. The Balaban J connectivity index is 0.000000248. The molecule has 0 aliphatic heterocycles. The number of fused-ring (bicyclic) bond motifs is 3. The monoisotopic (exact) mass is 338 g/mol. The van der Waals surface area contributed by atoms with E-state index in [-0.39, 0.29) is 0 Å². The smallest absolute Gasteiger partial charge is 0.466 e. The lowest BCUT2D eigenvalue weighted by Gasteiger charge is -2.00. The fourth-order valence-electron chi connectivity index (χ4n) is 1.70. The van der Waals surface area contributed by atoms with Crippen LogP contribution < -0.4 is 0 Å². The number of rotatable bonds is 0. The molecule has 0 spiro atoms. The Morgan fingerprint density at radius 1 is 1.00 bits per heavy atom. The Labute approximate surface area is 131 Å². The van der Waals surface area contributed by atoms with Crippen molar-refractivity contribution in [1.82, 2.24) is 9.97 Å². The second-order valence-corrected chi connectivity index (χ2v) is 5.27. The highest BCUT2D eigenvalue weighted by Gasteiger charge is 2.00. The molecule has 3 aromatic rings. The van der Waals surface area contributed by atoms with Gasteiger partial charge >= 0.3 is 7.82 Å². The van der Waals surface area contributed by atoms with Crippen LogP contribution in [0.3, 0.4) is 0 Å². The number of carbonyl (C=O) groups is 1. The third-order valence-corrected chi connectivity index (χ3v) is 2.35. The molecule has 0 saturated carbocycles. The van der Waals surface area contributed by atoms with E-state index in [0.29, 0.717) is 0 Å². The van der Waals surface area contributed by atoms with E-state index in [1.54, 1.807) is 6.20 Å². The van der Waals surface area contributed by atoms with Crippen LogP contribution in [-0.2, 0) is 9.36 Å². The van der Waals surface area contributed by atoms with Crippen molar-refractivity contribution in [3.05, 3.63) is 48.8 Å². The van der Waals surface area contributed by atoms with Crippen LogP contribution in [0.1, 0.15) is 6.92 Å². The van der Waals surface area contributed by atoms with E-state index in [2.05, 4.69) is 28.2 Å². The lowest BCUT2D eigenvalue weighted by atomic mass is 10.1. The zero-order valence-electron chi connectivity index (χ0n) is 12.1. The topological polar surface area (TPSA) is 141 Å². The number of nitrogens with zero attached hydrogens (tertiary/aromatic N) is 2. The van der Waals surface area contributed by atoms with Gasteiger partial charge in [0.05, 0.1) is 11.0 Å². The van der Waals surface area contributed by atoms with Gasteiger partial charge < -0.3 is 19.8 Å². The molecule has 9 heteroatoms. The zero-order chi connectivity index (χ0) is 17.5. The summed E-state index contributed by atoms with van der Waals surface area (Å²) in [5.74, 6) is -0.833. The third-order valence-electron chi connectivity index (χ3n) is 2.35. The van der Waals surface area contributed by atoms with E-state index in [1.165, 1.54) is 0 Å². The van der Waals surface area contributed by atoms with Gasteiger partial charge in [-0.25, -0.2) is 4.57 Å². The molecule has 0 amide bonds. The van der Waals surface area contributed by atoms with Gasteiger partial charge in [-0.05, 0) is 24.3 Å². The summed E-state index contributed by atoms with van der Waals surface area (Å²) in [6, 6.07) is 12.1. The molecule has 0 unspecified atom stereocenters. The summed E-state index contributed by atoms with van der Waals surface area (Å²) in [4.78, 5) is 39.2. The minimum absolute atomic E-state index is 0.833. The summed E-state index contributed by atoms with van der Waals surface area (Å²) in [6.45, 7) is 1.08. The molecule has 122 valence electrons. The lowest BCUT2D eigenvalue weighted by molar-refractivity contribution is -0.134. The van der Waals surface area contributed by atoms with E-state index in [9.17, 15) is 0 Å². The molecular formula is C14H15N2O6P. The van der Waals surface area contributed by atoms with Crippen LogP contribution in [0.25, 0.3) is 21.8 Å². The molecule has 0 fully saturated rings. The maximum atomic E-state index is 9.00. The first-order valence-corrected chi connectivity index (χ1v) is 7.81. The van der Waals surface area contributed by atoms with Crippen molar-refractivity contribution < 1.29 is 29.1 Å². The maximum absolute atomic E-state index is 9.00. The number of aliphatic carboxylic acids is 1. The largest absolute Gasteiger partial charge is 0.481 e. The standard InChI is InChI=1S/C12H8N2.C2H4O2.H3O4P/c1-3-9-5-6-11-10(4-2-7-13-11)12(9)14-8-1;1-2(3)4;1-5(2,3)4/h1-8H;1H3,(H,3,4);(H3,1,2,3,4). The first-order valence-electron chi connectivity index (χ1n) is 6.25. The molecule has 1 aromatic carbocycles. The lowest BCUT2D eigenvalue weighted by Crippen LogP contribution is -1.82.